The number of pyridine rings is 1. The zero-order valence-electron chi connectivity index (χ0n) is 14.1. The highest BCUT2D eigenvalue weighted by atomic mass is 16.5. The quantitative estimate of drug-likeness (QED) is 0.728. The normalized spacial score (nSPS) is 16.9. The molecule has 0 bridgehead atoms. The molecule has 8 heteroatoms. The lowest BCUT2D eigenvalue weighted by atomic mass is 10.2. The summed E-state index contributed by atoms with van der Waals surface area (Å²) in [4.78, 5) is 12.5. The molecular weight excluding hydrogens is 318 g/mol. The van der Waals surface area contributed by atoms with Gasteiger partial charge in [-0.2, -0.15) is 5.26 Å². The van der Waals surface area contributed by atoms with Crippen LogP contribution in [-0.2, 0) is 4.74 Å². The van der Waals surface area contributed by atoms with Gasteiger partial charge in [-0.1, -0.05) is 0 Å². The fourth-order valence-electron chi connectivity index (χ4n) is 2.54. The van der Waals surface area contributed by atoms with Gasteiger partial charge in [-0.3, -0.25) is 0 Å². The molecule has 2 aromatic heterocycles. The fraction of sp³-hybridized carbons (Fsp3) is 0.412. The van der Waals surface area contributed by atoms with Gasteiger partial charge < -0.3 is 20.7 Å². The van der Waals surface area contributed by atoms with Crippen molar-refractivity contribution in [3.05, 3.63) is 35.9 Å². The first-order valence-electron chi connectivity index (χ1n) is 8.26. The number of nitrogens with one attached hydrogen (secondary N) is 3. The van der Waals surface area contributed by atoms with Crippen molar-refractivity contribution in [3.63, 3.8) is 0 Å². The number of aryl methyl sites for hydroxylation is 1. The number of aromatic nitrogens is 3. The van der Waals surface area contributed by atoms with Gasteiger partial charge in [-0.15, -0.1) is 0 Å². The Kier molecular flexibility index (Phi) is 5.72. The summed E-state index contributed by atoms with van der Waals surface area (Å²) in [6.07, 6.45) is 5.95. The van der Waals surface area contributed by atoms with E-state index in [4.69, 9.17) is 10.00 Å². The number of nitrogens with zero attached hydrogens (tertiary/aromatic N) is 4. The number of morpholine rings is 1. The molecule has 3 heterocycles. The Bertz CT molecular complexity index is 736. The van der Waals surface area contributed by atoms with Crippen molar-refractivity contribution in [2.24, 2.45) is 0 Å². The van der Waals surface area contributed by atoms with Crippen LogP contribution < -0.4 is 16.0 Å². The van der Waals surface area contributed by atoms with E-state index in [9.17, 15) is 0 Å². The van der Waals surface area contributed by atoms with Crippen molar-refractivity contribution in [2.45, 2.75) is 19.4 Å². The molecule has 3 rings (SSSR count). The molecule has 0 amide bonds. The van der Waals surface area contributed by atoms with Gasteiger partial charge in [0.25, 0.3) is 0 Å². The van der Waals surface area contributed by atoms with Gasteiger partial charge >= 0.3 is 0 Å². The first-order valence-corrected chi connectivity index (χ1v) is 8.26. The second kappa shape index (κ2) is 8.37. The van der Waals surface area contributed by atoms with E-state index in [1.807, 2.05) is 19.1 Å². The number of rotatable bonds is 6. The van der Waals surface area contributed by atoms with Crippen molar-refractivity contribution < 1.29 is 4.74 Å². The highest BCUT2D eigenvalue weighted by Crippen LogP contribution is 2.20. The molecule has 0 unspecified atom stereocenters. The van der Waals surface area contributed by atoms with Crippen molar-refractivity contribution >= 4 is 17.3 Å². The summed E-state index contributed by atoms with van der Waals surface area (Å²) >= 11 is 0. The Morgan fingerprint density at radius 1 is 1.28 bits per heavy atom. The predicted octanol–water partition coefficient (Wildman–Crippen LogP) is 1.59. The molecule has 8 nitrogen and oxygen atoms in total. The van der Waals surface area contributed by atoms with Gasteiger partial charge in [0.2, 0.25) is 0 Å². The van der Waals surface area contributed by atoms with Crippen LogP contribution in [0, 0.1) is 18.3 Å². The van der Waals surface area contributed by atoms with E-state index >= 15 is 0 Å². The van der Waals surface area contributed by atoms with Gasteiger partial charge in [0.15, 0.2) is 5.69 Å². The van der Waals surface area contributed by atoms with Crippen LogP contribution in [-0.4, -0.2) is 47.3 Å². The Morgan fingerprint density at radius 2 is 2.16 bits per heavy atom. The lowest BCUT2D eigenvalue weighted by Gasteiger charge is -2.24. The van der Waals surface area contributed by atoms with Crippen molar-refractivity contribution in [3.8, 4) is 6.07 Å². The zero-order chi connectivity index (χ0) is 17.5. The summed E-state index contributed by atoms with van der Waals surface area (Å²) in [5.74, 6) is 1.21. The molecule has 1 aliphatic rings. The van der Waals surface area contributed by atoms with Crippen LogP contribution in [0.1, 0.15) is 17.7 Å². The molecule has 1 atom stereocenters. The molecule has 0 aliphatic carbocycles. The van der Waals surface area contributed by atoms with Crippen molar-refractivity contribution in [2.75, 3.05) is 36.9 Å². The molecule has 0 saturated carbocycles. The lowest BCUT2D eigenvalue weighted by molar-refractivity contribution is 0.0258. The highest BCUT2D eigenvalue weighted by molar-refractivity contribution is 5.60. The van der Waals surface area contributed by atoms with Gasteiger partial charge in [-0.05, 0) is 18.9 Å². The molecule has 0 aromatic carbocycles. The number of hydrogen-bond donors (Lipinski definition) is 3. The molecule has 0 spiro atoms. The third-order valence-corrected chi connectivity index (χ3v) is 3.91. The average Bonchev–Trinajstić information content (AvgIpc) is 2.66. The van der Waals surface area contributed by atoms with E-state index in [1.165, 1.54) is 12.4 Å². The van der Waals surface area contributed by atoms with Gasteiger partial charge in [0, 0.05) is 37.6 Å². The zero-order valence-corrected chi connectivity index (χ0v) is 14.1. The Hall–Kier alpha value is -2.76. The summed E-state index contributed by atoms with van der Waals surface area (Å²) in [7, 11) is 0. The van der Waals surface area contributed by atoms with E-state index in [-0.39, 0.29) is 11.8 Å². The molecule has 0 radical (unpaired) electrons. The number of hydrogen-bond acceptors (Lipinski definition) is 8. The van der Waals surface area contributed by atoms with Gasteiger partial charge in [0.05, 0.1) is 25.1 Å². The van der Waals surface area contributed by atoms with Gasteiger partial charge in [0.1, 0.15) is 17.7 Å². The van der Waals surface area contributed by atoms with Crippen LogP contribution in [0.5, 0.6) is 0 Å². The number of ether oxygens (including phenoxy) is 1. The maximum Gasteiger partial charge on any atom is 0.158 e. The molecule has 130 valence electrons. The maximum atomic E-state index is 8.76. The minimum atomic E-state index is 0.259. The first-order chi connectivity index (χ1) is 12.2. The number of anilines is 3. The van der Waals surface area contributed by atoms with Crippen LogP contribution >= 0.6 is 0 Å². The highest BCUT2D eigenvalue weighted by Gasteiger charge is 2.12. The van der Waals surface area contributed by atoms with Crippen LogP contribution in [0.15, 0.2) is 24.7 Å². The van der Waals surface area contributed by atoms with E-state index < -0.39 is 0 Å². The van der Waals surface area contributed by atoms with Crippen LogP contribution in [0.3, 0.4) is 0 Å². The van der Waals surface area contributed by atoms with E-state index in [1.54, 1.807) is 6.20 Å². The molecule has 2 aromatic rings. The van der Waals surface area contributed by atoms with Crippen molar-refractivity contribution in [1.82, 2.24) is 20.3 Å². The smallest absolute Gasteiger partial charge is 0.158 e. The number of nitriles is 1. The monoisotopic (exact) mass is 339 g/mol. The van der Waals surface area contributed by atoms with Gasteiger partial charge in [-0.25, -0.2) is 15.0 Å². The lowest BCUT2D eigenvalue weighted by Crippen LogP contribution is -2.39. The van der Waals surface area contributed by atoms with Crippen molar-refractivity contribution in [1.29, 1.82) is 5.26 Å². The van der Waals surface area contributed by atoms with Crippen LogP contribution in [0.2, 0.25) is 0 Å². The summed E-state index contributed by atoms with van der Waals surface area (Å²) in [5, 5.41) is 18.6. The summed E-state index contributed by atoms with van der Waals surface area (Å²) in [6, 6.07) is 3.88. The minimum Gasteiger partial charge on any atom is -0.385 e. The summed E-state index contributed by atoms with van der Waals surface area (Å²) < 4.78 is 5.70. The van der Waals surface area contributed by atoms with Crippen LogP contribution in [0.25, 0.3) is 0 Å². The van der Waals surface area contributed by atoms with E-state index in [0.29, 0.717) is 11.6 Å². The molecule has 1 aliphatic heterocycles. The minimum absolute atomic E-state index is 0.259. The molecule has 1 fully saturated rings. The topological polar surface area (TPSA) is 108 Å². The molecular formula is C17H21N7O. The third-order valence-electron chi connectivity index (χ3n) is 3.91. The second-order valence-electron chi connectivity index (χ2n) is 5.82. The molecule has 3 N–H and O–H groups in total. The Labute approximate surface area is 146 Å². The van der Waals surface area contributed by atoms with Crippen LogP contribution in [0.4, 0.5) is 17.3 Å². The largest absolute Gasteiger partial charge is 0.385 e. The fourth-order valence-corrected chi connectivity index (χ4v) is 2.54. The third kappa shape index (κ3) is 4.86. The average molecular weight is 339 g/mol. The van der Waals surface area contributed by atoms with E-state index in [0.717, 1.165) is 43.9 Å². The Balaban J connectivity index is 1.58. The predicted molar refractivity (Wildman–Crippen MR) is 94.7 cm³/mol. The molecule has 25 heavy (non-hydrogen) atoms. The summed E-state index contributed by atoms with van der Waals surface area (Å²) in [5.41, 5.74) is 2.37. The first kappa shape index (κ1) is 17.1. The maximum absolute atomic E-state index is 8.76. The second-order valence-corrected chi connectivity index (χ2v) is 5.82. The Morgan fingerprint density at radius 3 is 2.88 bits per heavy atom. The molecule has 1 saturated heterocycles. The standard InChI is InChI=1S/C17H21N7O/c1-12-8-22-16(24-17-11-21-13(7-18)9-23-17)6-15(12)20-3-2-14-10-19-4-5-25-14/h6,8-9,11,14,19H,2-5,10H2,1H3,(H2,20,22,23,24)/t14-/m0/s1. The SMILES string of the molecule is Cc1cnc(Nc2cnc(C#N)cn2)cc1NCC[C@H]1CNCCO1. The van der Waals surface area contributed by atoms with E-state index in [2.05, 4.69) is 30.9 Å². The summed E-state index contributed by atoms with van der Waals surface area (Å²) in [6.45, 7) is 5.45.